The van der Waals surface area contributed by atoms with Gasteiger partial charge in [-0.2, -0.15) is 0 Å². The number of halogens is 1. The van der Waals surface area contributed by atoms with Crippen molar-refractivity contribution in [1.29, 1.82) is 0 Å². The molecule has 2 fully saturated rings. The van der Waals surface area contributed by atoms with E-state index < -0.39 is 0 Å². The first-order valence-corrected chi connectivity index (χ1v) is 9.61. The highest BCUT2D eigenvalue weighted by Crippen LogP contribution is 2.29. The SMILES string of the molecule is COc1cccc(Cl)c1C(=O)N1CCCC(CNC(=O)C2CCCN2)C1. The van der Waals surface area contributed by atoms with Crippen LogP contribution < -0.4 is 15.4 Å². The van der Waals surface area contributed by atoms with Crippen molar-refractivity contribution >= 4 is 23.4 Å². The molecule has 0 aromatic heterocycles. The van der Waals surface area contributed by atoms with Crippen molar-refractivity contribution < 1.29 is 14.3 Å². The average Bonchev–Trinajstić information content (AvgIpc) is 3.20. The number of piperidine rings is 1. The third kappa shape index (κ3) is 4.30. The lowest BCUT2D eigenvalue weighted by Crippen LogP contribution is -2.46. The van der Waals surface area contributed by atoms with E-state index in [2.05, 4.69) is 10.6 Å². The van der Waals surface area contributed by atoms with Crippen LogP contribution in [0.2, 0.25) is 5.02 Å². The van der Waals surface area contributed by atoms with Gasteiger partial charge < -0.3 is 20.3 Å². The first kappa shape index (κ1) is 19.0. The number of carbonyl (C=O) groups is 2. The van der Waals surface area contributed by atoms with Gasteiger partial charge in [-0.15, -0.1) is 0 Å². The van der Waals surface area contributed by atoms with E-state index in [1.165, 1.54) is 7.11 Å². The topological polar surface area (TPSA) is 70.7 Å². The second-order valence-electron chi connectivity index (χ2n) is 6.97. The second kappa shape index (κ2) is 8.73. The summed E-state index contributed by atoms with van der Waals surface area (Å²) in [5.74, 6) is 0.705. The van der Waals surface area contributed by atoms with Gasteiger partial charge in [0.25, 0.3) is 5.91 Å². The maximum atomic E-state index is 13.0. The minimum absolute atomic E-state index is 0.0660. The summed E-state index contributed by atoms with van der Waals surface area (Å²) in [5.41, 5.74) is 0.413. The molecule has 2 heterocycles. The van der Waals surface area contributed by atoms with Gasteiger partial charge in [0.15, 0.2) is 0 Å². The maximum Gasteiger partial charge on any atom is 0.259 e. The summed E-state index contributed by atoms with van der Waals surface area (Å²) >= 11 is 6.24. The van der Waals surface area contributed by atoms with E-state index in [1.54, 1.807) is 18.2 Å². The summed E-state index contributed by atoms with van der Waals surface area (Å²) in [7, 11) is 1.54. The van der Waals surface area contributed by atoms with Crippen LogP contribution in [0.3, 0.4) is 0 Å². The molecule has 2 amide bonds. The minimum atomic E-state index is -0.110. The number of hydrogen-bond donors (Lipinski definition) is 2. The van der Waals surface area contributed by atoms with Crippen LogP contribution in [0, 0.1) is 5.92 Å². The fraction of sp³-hybridized carbons (Fsp3) is 0.579. The number of hydrogen-bond acceptors (Lipinski definition) is 4. The lowest BCUT2D eigenvalue weighted by Gasteiger charge is -2.33. The predicted octanol–water partition coefficient (Wildman–Crippen LogP) is 2.07. The number of nitrogens with one attached hydrogen (secondary N) is 2. The molecule has 2 atom stereocenters. The fourth-order valence-corrected chi connectivity index (χ4v) is 3.98. The standard InChI is InChI=1S/C19H26ClN3O3/c1-26-16-8-2-6-14(20)17(16)19(25)23-10-4-5-13(12-23)11-22-18(24)15-7-3-9-21-15/h2,6,8,13,15,21H,3-5,7,9-12H2,1H3,(H,22,24). The van der Waals surface area contributed by atoms with Gasteiger partial charge in [-0.3, -0.25) is 9.59 Å². The van der Waals surface area contributed by atoms with Crippen LogP contribution in [0.15, 0.2) is 18.2 Å². The highest BCUT2D eigenvalue weighted by Gasteiger charge is 2.29. The van der Waals surface area contributed by atoms with Crippen LogP contribution in [0.5, 0.6) is 5.75 Å². The second-order valence-corrected chi connectivity index (χ2v) is 7.38. The molecule has 1 aromatic rings. The Balaban J connectivity index is 1.59. The first-order chi connectivity index (χ1) is 12.6. The molecule has 6 nitrogen and oxygen atoms in total. The van der Waals surface area contributed by atoms with Crippen molar-refractivity contribution in [3.8, 4) is 5.75 Å². The monoisotopic (exact) mass is 379 g/mol. The van der Waals surface area contributed by atoms with Crippen LogP contribution in [-0.4, -0.2) is 56.0 Å². The van der Waals surface area contributed by atoms with Crippen molar-refractivity contribution in [3.63, 3.8) is 0 Å². The van der Waals surface area contributed by atoms with E-state index in [-0.39, 0.29) is 23.8 Å². The van der Waals surface area contributed by atoms with Gasteiger partial charge in [0.2, 0.25) is 5.91 Å². The van der Waals surface area contributed by atoms with E-state index in [0.29, 0.717) is 36.0 Å². The molecule has 0 bridgehead atoms. The molecular weight excluding hydrogens is 354 g/mol. The van der Waals surface area contributed by atoms with E-state index in [4.69, 9.17) is 16.3 Å². The van der Waals surface area contributed by atoms with Crippen LogP contribution in [0.1, 0.15) is 36.0 Å². The highest BCUT2D eigenvalue weighted by molar-refractivity contribution is 6.34. The Bertz CT molecular complexity index is 661. The fourth-order valence-electron chi connectivity index (χ4n) is 3.73. The first-order valence-electron chi connectivity index (χ1n) is 9.23. The molecule has 2 unspecified atom stereocenters. The third-order valence-electron chi connectivity index (χ3n) is 5.16. The summed E-state index contributed by atoms with van der Waals surface area (Å²) in [6.45, 7) is 2.82. The maximum absolute atomic E-state index is 13.0. The number of benzene rings is 1. The summed E-state index contributed by atoms with van der Waals surface area (Å²) in [4.78, 5) is 26.9. The summed E-state index contributed by atoms with van der Waals surface area (Å²) < 4.78 is 5.30. The van der Waals surface area contributed by atoms with Crippen LogP contribution >= 0.6 is 11.6 Å². The van der Waals surface area contributed by atoms with E-state index in [1.807, 2.05) is 4.90 Å². The van der Waals surface area contributed by atoms with Crippen molar-refractivity contribution in [2.75, 3.05) is 33.3 Å². The number of carbonyl (C=O) groups excluding carboxylic acids is 2. The quantitative estimate of drug-likeness (QED) is 0.821. The molecule has 2 N–H and O–H groups in total. The zero-order valence-electron chi connectivity index (χ0n) is 15.1. The predicted molar refractivity (Wildman–Crippen MR) is 101 cm³/mol. The summed E-state index contributed by atoms with van der Waals surface area (Å²) in [5, 5.41) is 6.64. The molecule has 0 radical (unpaired) electrons. The Morgan fingerprint density at radius 1 is 1.35 bits per heavy atom. The van der Waals surface area contributed by atoms with Crippen molar-refractivity contribution in [2.24, 2.45) is 5.92 Å². The smallest absolute Gasteiger partial charge is 0.259 e. The number of methoxy groups -OCH3 is 1. The van der Waals surface area contributed by atoms with Gasteiger partial charge in [-0.25, -0.2) is 0 Å². The Morgan fingerprint density at radius 3 is 2.92 bits per heavy atom. The normalized spacial score (nSPS) is 22.9. The Labute approximate surface area is 159 Å². The molecule has 2 saturated heterocycles. The molecule has 7 heteroatoms. The number of nitrogens with zero attached hydrogens (tertiary/aromatic N) is 1. The van der Waals surface area contributed by atoms with Crippen molar-refractivity contribution in [3.05, 3.63) is 28.8 Å². The van der Waals surface area contributed by atoms with Gasteiger partial charge >= 0.3 is 0 Å². The average molecular weight is 380 g/mol. The molecule has 2 aliphatic heterocycles. The van der Waals surface area contributed by atoms with E-state index in [9.17, 15) is 9.59 Å². The zero-order valence-corrected chi connectivity index (χ0v) is 15.8. The minimum Gasteiger partial charge on any atom is -0.496 e. The number of likely N-dealkylation sites (tertiary alicyclic amines) is 1. The summed E-state index contributed by atoms with van der Waals surface area (Å²) in [6, 6.07) is 5.15. The van der Waals surface area contributed by atoms with Crippen molar-refractivity contribution in [2.45, 2.75) is 31.7 Å². The van der Waals surface area contributed by atoms with Gasteiger partial charge in [0, 0.05) is 19.6 Å². The summed E-state index contributed by atoms with van der Waals surface area (Å²) in [6.07, 6.45) is 3.86. The zero-order chi connectivity index (χ0) is 18.5. The molecule has 2 aliphatic rings. The molecular formula is C19H26ClN3O3. The highest BCUT2D eigenvalue weighted by atomic mass is 35.5. The molecule has 3 rings (SSSR count). The Morgan fingerprint density at radius 2 is 2.19 bits per heavy atom. The Kier molecular flexibility index (Phi) is 6.38. The third-order valence-corrected chi connectivity index (χ3v) is 5.47. The lowest BCUT2D eigenvalue weighted by atomic mass is 9.97. The number of amides is 2. The number of rotatable bonds is 5. The van der Waals surface area contributed by atoms with Crippen LogP contribution in [0.25, 0.3) is 0 Å². The van der Waals surface area contributed by atoms with Crippen LogP contribution in [-0.2, 0) is 4.79 Å². The van der Waals surface area contributed by atoms with E-state index >= 15 is 0 Å². The van der Waals surface area contributed by atoms with Gasteiger partial charge in [-0.1, -0.05) is 17.7 Å². The molecule has 0 spiro atoms. The van der Waals surface area contributed by atoms with Gasteiger partial charge in [0.05, 0.1) is 18.2 Å². The molecule has 26 heavy (non-hydrogen) atoms. The molecule has 0 saturated carbocycles. The lowest BCUT2D eigenvalue weighted by molar-refractivity contribution is -0.123. The van der Waals surface area contributed by atoms with Gasteiger partial charge in [0.1, 0.15) is 11.3 Å². The van der Waals surface area contributed by atoms with Crippen LogP contribution in [0.4, 0.5) is 0 Å². The number of ether oxygens (including phenoxy) is 1. The van der Waals surface area contributed by atoms with E-state index in [0.717, 1.165) is 32.2 Å². The molecule has 142 valence electrons. The Hall–Kier alpha value is -1.79. The van der Waals surface area contributed by atoms with Crippen molar-refractivity contribution in [1.82, 2.24) is 15.5 Å². The molecule has 0 aliphatic carbocycles. The van der Waals surface area contributed by atoms with Gasteiger partial charge in [-0.05, 0) is 50.3 Å². The molecule has 1 aromatic carbocycles. The largest absolute Gasteiger partial charge is 0.496 e.